The van der Waals surface area contributed by atoms with Crippen molar-refractivity contribution in [3.05, 3.63) is 66.7 Å². The number of fused-ring (bicyclic) bond motifs is 6. The molecule has 0 saturated heterocycles. The molecular formula is C30H35N5+2. The number of hydrogen-bond acceptors (Lipinski definition) is 2. The Balaban J connectivity index is 1.42. The summed E-state index contributed by atoms with van der Waals surface area (Å²) in [6.07, 6.45) is 2.36. The molecule has 0 aliphatic carbocycles. The summed E-state index contributed by atoms with van der Waals surface area (Å²) in [5.41, 5.74) is 4.70. The highest BCUT2D eigenvalue weighted by Crippen LogP contribution is 2.37. The lowest BCUT2D eigenvalue weighted by molar-refractivity contribution is -0.892. The van der Waals surface area contributed by atoms with Gasteiger partial charge in [-0.3, -0.25) is 0 Å². The van der Waals surface area contributed by atoms with Crippen molar-refractivity contribution in [3.63, 3.8) is 0 Å². The number of para-hydroxylation sites is 2. The number of aromatic nitrogens is 3. The maximum Gasteiger partial charge on any atom is 0.308 e. The molecule has 0 bridgehead atoms. The molecule has 5 heteroatoms. The fourth-order valence-corrected chi connectivity index (χ4v) is 5.81. The van der Waals surface area contributed by atoms with E-state index in [-0.39, 0.29) is 0 Å². The van der Waals surface area contributed by atoms with Crippen LogP contribution in [0.1, 0.15) is 12.8 Å². The van der Waals surface area contributed by atoms with Gasteiger partial charge in [-0.05, 0) is 42.4 Å². The van der Waals surface area contributed by atoms with Crippen LogP contribution in [0, 0.1) is 0 Å². The van der Waals surface area contributed by atoms with Crippen LogP contribution in [0.5, 0.6) is 0 Å². The van der Waals surface area contributed by atoms with E-state index >= 15 is 0 Å². The Morgan fingerprint density at radius 3 is 2.40 bits per heavy atom. The van der Waals surface area contributed by atoms with Gasteiger partial charge in [0.2, 0.25) is 5.52 Å². The lowest BCUT2D eigenvalue weighted by Gasteiger charge is -2.30. The van der Waals surface area contributed by atoms with Crippen LogP contribution >= 0.6 is 0 Å². The Bertz CT molecular complexity index is 1660. The Morgan fingerprint density at radius 2 is 1.60 bits per heavy atom. The summed E-state index contributed by atoms with van der Waals surface area (Å²) < 4.78 is 5.70. The molecular weight excluding hydrogens is 430 g/mol. The molecule has 6 aromatic rings. The molecule has 0 aliphatic heterocycles. The largest absolute Gasteiger partial charge is 0.328 e. The smallest absolute Gasteiger partial charge is 0.308 e. The summed E-state index contributed by atoms with van der Waals surface area (Å²) in [5.74, 6) is 0. The fourth-order valence-electron chi connectivity index (χ4n) is 5.81. The molecule has 5 nitrogen and oxygen atoms in total. The van der Waals surface area contributed by atoms with Crippen LogP contribution in [-0.2, 0) is 6.54 Å². The highest BCUT2D eigenvalue weighted by atomic mass is 15.3. The zero-order valence-corrected chi connectivity index (χ0v) is 21.3. The van der Waals surface area contributed by atoms with E-state index in [1.165, 1.54) is 56.6 Å². The lowest BCUT2D eigenvalue weighted by atomic mass is 10.1. The van der Waals surface area contributed by atoms with E-state index in [9.17, 15) is 0 Å². The van der Waals surface area contributed by atoms with E-state index in [1.807, 2.05) is 0 Å². The van der Waals surface area contributed by atoms with Gasteiger partial charge in [-0.25, -0.2) is 4.57 Å². The molecule has 4 aromatic carbocycles. The quantitative estimate of drug-likeness (QED) is 0.231. The van der Waals surface area contributed by atoms with E-state index < -0.39 is 0 Å². The van der Waals surface area contributed by atoms with E-state index in [0.29, 0.717) is 0 Å². The van der Waals surface area contributed by atoms with Crippen molar-refractivity contribution in [3.8, 4) is 0 Å². The molecule has 0 fully saturated rings. The summed E-state index contributed by atoms with van der Waals surface area (Å²) in [6, 6.07) is 24.2. The van der Waals surface area contributed by atoms with Crippen LogP contribution in [0.4, 0.5) is 0 Å². The monoisotopic (exact) mass is 465 g/mol. The van der Waals surface area contributed by atoms with Crippen molar-refractivity contribution in [2.24, 2.45) is 0 Å². The van der Waals surface area contributed by atoms with Crippen molar-refractivity contribution >= 4 is 49.1 Å². The van der Waals surface area contributed by atoms with Gasteiger partial charge in [0.15, 0.2) is 5.52 Å². The van der Waals surface area contributed by atoms with Gasteiger partial charge in [0.1, 0.15) is 5.52 Å². The van der Waals surface area contributed by atoms with Crippen LogP contribution in [0.2, 0.25) is 0 Å². The molecule has 0 unspecified atom stereocenters. The van der Waals surface area contributed by atoms with Gasteiger partial charge in [-0.15, -0.1) is 0 Å². The second-order valence-corrected chi connectivity index (χ2v) is 10.9. The van der Waals surface area contributed by atoms with E-state index in [1.54, 1.807) is 0 Å². The van der Waals surface area contributed by atoms with Crippen LogP contribution in [0.3, 0.4) is 0 Å². The maximum atomic E-state index is 5.25. The Labute approximate surface area is 206 Å². The number of quaternary nitrogens is 1. The Hall–Kier alpha value is -3.28. The van der Waals surface area contributed by atoms with Gasteiger partial charge in [-0.1, -0.05) is 58.1 Å². The fraction of sp³-hybridized carbons (Fsp3) is 0.333. The van der Waals surface area contributed by atoms with Crippen molar-refractivity contribution < 1.29 is 9.05 Å². The molecule has 0 amide bonds. The molecule has 2 heterocycles. The van der Waals surface area contributed by atoms with Crippen molar-refractivity contribution in [2.75, 3.05) is 47.8 Å². The van der Waals surface area contributed by atoms with Gasteiger partial charge in [0.25, 0.3) is 0 Å². The molecule has 0 N–H and O–H groups in total. The predicted molar refractivity (Wildman–Crippen MR) is 146 cm³/mol. The van der Waals surface area contributed by atoms with Crippen LogP contribution < -0.4 is 4.57 Å². The molecule has 6 rings (SSSR count). The van der Waals surface area contributed by atoms with Gasteiger partial charge in [-0.2, -0.15) is 0 Å². The molecule has 0 atom stereocenters. The second-order valence-electron chi connectivity index (χ2n) is 10.9. The van der Waals surface area contributed by atoms with Crippen LogP contribution in [0.25, 0.3) is 49.1 Å². The van der Waals surface area contributed by atoms with E-state index in [2.05, 4.69) is 109 Å². The molecule has 0 aliphatic rings. The minimum atomic E-state index is 0.990. The number of rotatable bonds is 8. The number of benzene rings is 3. The first kappa shape index (κ1) is 22.2. The lowest BCUT2D eigenvalue weighted by Crippen LogP contribution is -2.44. The zero-order valence-electron chi connectivity index (χ0n) is 21.3. The summed E-state index contributed by atoms with van der Waals surface area (Å²) >= 11 is 0. The van der Waals surface area contributed by atoms with Crippen molar-refractivity contribution in [1.82, 2.24) is 14.5 Å². The minimum Gasteiger partial charge on any atom is -0.328 e. The third-order valence-corrected chi connectivity index (χ3v) is 7.59. The highest BCUT2D eigenvalue weighted by molar-refractivity contribution is 6.29. The molecule has 178 valence electrons. The van der Waals surface area contributed by atoms with Gasteiger partial charge >= 0.3 is 5.65 Å². The normalized spacial score (nSPS) is 12.9. The summed E-state index contributed by atoms with van der Waals surface area (Å²) in [5, 5.41) is 11.7. The Kier molecular flexibility index (Phi) is 5.35. The van der Waals surface area contributed by atoms with Crippen molar-refractivity contribution in [2.45, 2.75) is 19.4 Å². The topological polar surface area (TPSA) is 24.4 Å². The third kappa shape index (κ3) is 3.79. The summed E-state index contributed by atoms with van der Waals surface area (Å²) in [4.78, 5) is 2.28. The number of imidazole rings is 1. The average Bonchev–Trinajstić information content (AvgIpc) is 3.32. The number of hydrogen-bond donors (Lipinski definition) is 0. The third-order valence-electron chi connectivity index (χ3n) is 7.59. The zero-order chi connectivity index (χ0) is 24.2. The van der Waals surface area contributed by atoms with E-state index in [4.69, 9.17) is 5.10 Å². The molecule has 0 saturated carbocycles. The maximum absolute atomic E-state index is 5.25. The van der Waals surface area contributed by atoms with Crippen molar-refractivity contribution in [1.29, 1.82) is 0 Å². The summed E-state index contributed by atoms with van der Waals surface area (Å²) in [6.45, 7) is 4.51. The van der Waals surface area contributed by atoms with Crippen LogP contribution in [-0.4, -0.2) is 66.8 Å². The van der Waals surface area contributed by atoms with Gasteiger partial charge < -0.3 is 9.38 Å². The predicted octanol–water partition coefficient (Wildman–Crippen LogP) is 5.09. The van der Waals surface area contributed by atoms with Crippen LogP contribution in [0.15, 0.2) is 66.7 Å². The van der Waals surface area contributed by atoms with Gasteiger partial charge in [0, 0.05) is 36.2 Å². The highest BCUT2D eigenvalue weighted by Gasteiger charge is 2.24. The molecule has 35 heavy (non-hydrogen) atoms. The SMILES string of the molecule is CN(C)CCC[N+](C)(C)CCC[n+]1c2ccccc2n2nc3c(cc21)c1cccc2cccc3c21. The standard InChI is InChI=1S/C30H35N5/c1-32(2)17-9-19-35(3,4)20-10-18-33-26-15-5-6-16-27(26)34-28(33)21-25-23-13-7-11-22-12-8-14-24(29(22)23)30(25)31-34/h5-8,11-16,21H,9-10,17-20H2,1-4H3/q+2. The molecule has 0 spiro atoms. The number of nitrogens with zero attached hydrogens (tertiary/aromatic N) is 5. The van der Waals surface area contributed by atoms with Gasteiger partial charge in [0.05, 0.1) is 33.7 Å². The first-order chi connectivity index (χ1) is 16.9. The minimum absolute atomic E-state index is 0.990. The average molecular weight is 466 g/mol. The van der Waals surface area contributed by atoms with E-state index in [0.717, 1.165) is 36.1 Å². The number of aryl methyl sites for hydroxylation is 1. The summed E-state index contributed by atoms with van der Waals surface area (Å²) in [7, 11) is 9.04. The Morgan fingerprint density at radius 1 is 0.857 bits per heavy atom. The molecule has 2 aromatic heterocycles. The first-order valence-electron chi connectivity index (χ1n) is 12.8. The molecule has 0 radical (unpaired) electrons. The second kappa shape index (κ2) is 8.43. The first-order valence-corrected chi connectivity index (χ1v) is 12.8.